The Labute approximate surface area is 134 Å². The molecule has 0 spiro atoms. The van der Waals surface area contributed by atoms with Crippen LogP contribution < -0.4 is 0 Å². The van der Waals surface area contributed by atoms with Crippen LogP contribution in [0.5, 0.6) is 0 Å². The standard InChI is InChI=1S/C16H21NO6/c1-8-12(16(20)21-4)9(2)17-13(8)14(18)10(3)23-15(19)11-6-5-7-22-11/h10-11,17H,5-7H2,1-4H3/t10-,11-/m0/s1. The van der Waals surface area contributed by atoms with Gasteiger partial charge >= 0.3 is 11.9 Å². The van der Waals surface area contributed by atoms with Crippen molar-refractivity contribution in [3.63, 3.8) is 0 Å². The molecule has 1 aliphatic heterocycles. The minimum absolute atomic E-state index is 0.246. The van der Waals surface area contributed by atoms with Crippen LogP contribution in [0, 0.1) is 13.8 Å². The van der Waals surface area contributed by atoms with Gasteiger partial charge in [-0.05, 0) is 39.2 Å². The molecule has 2 heterocycles. The van der Waals surface area contributed by atoms with Crippen molar-refractivity contribution in [3.8, 4) is 0 Å². The summed E-state index contributed by atoms with van der Waals surface area (Å²) in [4.78, 5) is 39.0. The van der Waals surface area contributed by atoms with Gasteiger partial charge in [0.1, 0.15) is 0 Å². The van der Waals surface area contributed by atoms with E-state index in [-0.39, 0.29) is 5.69 Å². The van der Waals surface area contributed by atoms with E-state index in [0.717, 1.165) is 6.42 Å². The zero-order chi connectivity index (χ0) is 17.1. The lowest BCUT2D eigenvalue weighted by Gasteiger charge is -2.15. The predicted molar refractivity (Wildman–Crippen MR) is 80.5 cm³/mol. The second-order valence-corrected chi connectivity index (χ2v) is 5.56. The minimum Gasteiger partial charge on any atom is -0.465 e. The van der Waals surface area contributed by atoms with Crippen LogP contribution in [0.15, 0.2) is 0 Å². The number of Topliss-reactive ketones (excluding diaryl/α,β-unsaturated/α-hetero) is 1. The van der Waals surface area contributed by atoms with Crippen LogP contribution in [0.25, 0.3) is 0 Å². The predicted octanol–water partition coefficient (Wildman–Crippen LogP) is 1.71. The number of hydrogen-bond donors (Lipinski definition) is 1. The quantitative estimate of drug-likeness (QED) is 0.655. The van der Waals surface area contributed by atoms with E-state index in [9.17, 15) is 14.4 Å². The van der Waals surface area contributed by atoms with Crippen LogP contribution in [0.4, 0.5) is 0 Å². The molecule has 1 aromatic heterocycles. The average molecular weight is 323 g/mol. The van der Waals surface area contributed by atoms with Crippen molar-refractivity contribution >= 4 is 17.7 Å². The summed E-state index contributed by atoms with van der Waals surface area (Å²) in [6.07, 6.45) is -0.150. The molecule has 0 bridgehead atoms. The number of aromatic amines is 1. The zero-order valence-electron chi connectivity index (χ0n) is 13.7. The third kappa shape index (κ3) is 3.44. The Bertz CT molecular complexity index is 627. The number of rotatable bonds is 5. The highest BCUT2D eigenvalue weighted by molar-refractivity contribution is 6.04. The molecule has 0 radical (unpaired) electrons. The summed E-state index contributed by atoms with van der Waals surface area (Å²) >= 11 is 0. The molecule has 23 heavy (non-hydrogen) atoms. The number of carbonyl (C=O) groups excluding carboxylic acids is 3. The van der Waals surface area contributed by atoms with Gasteiger partial charge in [0.15, 0.2) is 12.2 Å². The summed E-state index contributed by atoms with van der Waals surface area (Å²) in [7, 11) is 1.28. The van der Waals surface area contributed by atoms with E-state index in [2.05, 4.69) is 4.98 Å². The fourth-order valence-corrected chi connectivity index (χ4v) is 2.68. The largest absolute Gasteiger partial charge is 0.465 e. The molecule has 2 rings (SSSR count). The molecule has 1 saturated heterocycles. The highest BCUT2D eigenvalue weighted by Crippen LogP contribution is 2.21. The van der Waals surface area contributed by atoms with Crippen molar-refractivity contribution in [2.75, 3.05) is 13.7 Å². The third-order valence-corrected chi connectivity index (χ3v) is 3.93. The number of aryl methyl sites for hydroxylation is 1. The number of H-pyrrole nitrogens is 1. The summed E-state index contributed by atoms with van der Waals surface area (Å²) in [5.41, 5.74) is 1.60. The molecule has 1 fully saturated rings. The SMILES string of the molecule is COC(=O)c1c(C)[nH]c(C(=O)[C@H](C)OC(=O)[C@@H]2CCCO2)c1C. The van der Waals surface area contributed by atoms with Gasteiger partial charge in [-0.3, -0.25) is 4.79 Å². The number of methoxy groups -OCH3 is 1. The Morgan fingerprint density at radius 3 is 2.57 bits per heavy atom. The van der Waals surface area contributed by atoms with Crippen LogP contribution in [0.3, 0.4) is 0 Å². The highest BCUT2D eigenvalue weighted by atomic mass is 16.6. The molecule has 7 nitrogen and oxygen atoms in total. The zero-order valence-corrected chi connectivity index (χ0v) is 13.7. The van der Waals surface area contributed by atoms with Crippen molar-refractivity contribution in [2.24, 2.45) is 0 Å². The Kier molecular flexibility index (Phi) is 5.20. The third-order valence-electron chi connectivity index (χ3n) is 3.93. The Hall–Kier alpha value is -2.15. The molecule has 126 valence electrons. The molecule has 0 aromatic carbocycles. The highest BCUT2D eigenvalue weighted by Gasteiger charge is 2.31. The number of nitrogens with one attached hydrogen (secondary N) is 1. The molecular weight excluding hydrogens is 302 g/mol. The number of hydrogen-bond acceptors (Lipinski definition) is 6. The van der Waals surface area contributed by atoms with Gasteiger partial charge in [0.25, 0.3) is 0 Å². The molecule has 0 amide bonds. The van der Waals surface area contributed by atoms with Gasteiger partial charge in [-0.25, -0.2) is 9.59 Å². The topological polar surface area (TPSA) is 94.7 Å². The molecule has 0 saturated carbocycles. The van der Waals surface area contributed by atoms with Gasteiger partial charge in [-0.1, -0.05) is 0 Å². The normalized spacial score (nSPS) is 18.5. The molecule has 1 aromatic rings. The van der Waals surface area contributed by atoms with Crippen LogP contribution in [0.1, 0.15) is 51.9 Å². The van der Waals surface area contributed by atoms with E-state index in [0.29, 0.717) is 29.8 Å². The molecule has 1 N–H and O–H groups in total. The first-order chi connectivity index (χ1) is 10.9. The van der Waals surface area contributed by atoms with Gasteiger partial charge in [-0.15, -0.1) is 0 Å². The van der Waals surface area contributed by atoms with E-state index < -0.39 is 29.9 Å². The average Bonchev–Trinajstić information content (AvgIpc) is 3.14. The summed E-state index contributed by atoms with van der Waals surface area (Å²) < 4.78 is 15.1. The number of esters is 2. The second kappa shape index (κ2) is 6.95. The molecule has 1 aliphatic rings. The minimum atomic E-state index is -0.964. The molecule has 0 aliphatic carbocycles. The van der Waals surface area contributed by atoms with E-state index >= 15 is 0 Å². The Balaban J connectivity index is 2.13. The van der Waals surface area contributed by atoms with E-state index in [4.69, 9.17) is 14.2 Å². The molecular formula is C16H21NO6. The van der Waals surface area contributed by atoms with Crippen molar-refractivity contribution in [1.29, 1.82) is 0 Å². The van der Waals surface area contributed by atoms with Gasteiger partial charge in [0, 0.05) is 12.3 Å². The second-order valence-electron chi connectivity index (χ2n) is 5.56. The van der Waals surface area contributed by atoms with Crippen molar-refractivity contribution in [2.45, 2.75) is 45.8 Å². The fraction of sp³-hybridized carbons (Fsp3) is 0.562. The monoisotopic (exact) mass is 323 g/mol. The van der Waals surface area contributed by atoms with Gasteiger partial charge in [0.05, 0.1) is 18.4 Å². The van der Waals surface area contributed by atoms with Crippen LogP contribution in [0.2, 0.25) is 0 Å². The lowest BCUT2D eigenvalue weighted by molar-refractivity contribution is -0.156. The Morgan fingerprint density at radius 1 is 1.30 bits per heavy atom. The summed E-state index contributed by atoms with van der Waals surface area (Å²) in [5.74, 6) is -1.44. The first-order valence-corrected chi connectivity index (χ1v) is 7.50. The maximum absolute atomic E-state index is 12.5. The molecule has 7 heteroatoms. The summed E-state index contributed by atoms with van der Waals surface area (Å²) in [6, 6.07) is 0. The van der Waals surface area contributed by atoms with Crippen molar-refractivity contribution < 1.29 is 28.6 Å². The molecule has 0 unspecified atom stereocenters. The van der Waals surface area contributed by atoms with E-state index in [1.807, 2.05) is 0 Å². The lowest BCUT2D eigenvalue weighted by atomic mass is 10.1. The maximum Gasteiger partial charge on any atom is 0.339 e. The maximum atomic E-state index is 12.5. The van der Waals surface area contributed by atoms with Gasteiger partial charge in [-0.2, -0.15) is 0 Å². The van der Waals surface area contributed by atoms with Crippen LogP contribution >= 0.6 is 0 Å². The van der Waals surface area contributed by atoms with Crippen molar-refractivity contribution in [3.05, 3.63) is 22.5 Å². The first kappa shape index (κ1) is 17.2. The van der Waals surface area contributed by atoms with E-state index in [1.54, 1.807) is 13.8 Å². The number of carbonyl (C=O) groups is 3. The fourth-order valence-electron chi connectivity index (χ4n) is 2.68. The van der Waals surface area contributed by atoms with Gasteiger partial charge in [0.2, 0.25) is 5.78 Å². The number of ketones is 1. The molecule has 2 atom stereocenters. The van der Waals surface area contributed by atoms with Crippen molar-refractivity contribution in [1.82, 2.24) is 4.98 Å². The van der Waals surface area contributed by atoms with E-state index in [1.165, 1.54) is 14.0 Å². The van der Waals surface area contributed by atoms with Crippen LogP contribution in [-0.4, -0.2) is 48.6 Å². The summed E-state index contributed by atoms with van der Waals surface area (Å²) in [5, 5.41) is 0. The number of aromatic nitrogens is 1. The van der Waals surface area contributed by atoms with Gasteiger partial charge < -0.3 is 19.2 Å². The smallest absolute Gasteiger partial charge is 0.339 e. The number of ether oxygens (including phenoxy) is 3. The lowest BCUT2D eigenvalue weighted by Crippen LogP contribution is -2.31. The van der Waals surface area contributed by atoms with Crippen LogP contribution in [-0.2, 0) is 19.0 Å². The Morgan fingerprint density at radius 2 is 2.00 bits per heavy atom. The first-order valence-electron chi connectivity index (χ1n) is 7.50. The summed E-state index contributed by atoms with van der Waals surface area (Å²) in [6.45, 7) is 5.36.